The third-order valence-corrected chi connectivity index (χ3v) is 3.37. The van der Waals surface area contributed by atoms with E-state index in [9.17, 15) is 4.79 Å². The highest BCUT2D eigenvalue weighted by Crippen LogP contribution is 2.21. The van der Waals surface area contributed by atoms with Crippen molar-refractivity contribution in [2.45, 2.75) is 30.7 Å². The molecule has 0 aliphatic carbocycles. The van der Waals surface area contributed by atoms with E-state index in [1.54, 1.807) is 24.9 Å². The van der Waals surface area contributed by atoms with Gasteiger partial charge in [0.05, 0.1) is 17.7 Å². The lowest BCUT2D eigenvalue weighted by molar-refractivity contribution is -0.128. The smallest absolute Gasteiger partial charge is 0.235 e. The number of hydrogen-bond donors (Lipinski definition) is 1. The first-order chi connectivity index (χ1) is 8.93. The molecule has 6 nitrogen and oxygen atoms in total. The van der Waals surface area contributed by atoms with E-state index < -0.39 is 0 Å². The van der Waals surface area contributed by atoms with Crippen molar-refractivity contribution in [2.75, 3.05) is 19.3 Å². The molecule has 0 aliphatic heterocycles. The van der Waals surface area contributed by atoms with E-state index in [1.807, 2.05) is 13.0 Å². The van der Waals surface area contributed by atoms with Crippen molar-refractivity contribution in [2.24, 2.45) is 0 Å². The molecule has 1 atom stereocenters. The van der Waals surface area contributed by atoms with Crippen molar-refractivity contribution in [1.29, 1.82) is 5.26 Å². The lowest BCUT2D eigenvalue weighted by Crippen LogP contribution is -2.34. The van der Waals surface area contributed by atoms with Crippen LogP contribution in [0.1, 0.15) is 19.0 Å². The Balaban J connectivity index is 2.66. The van der Waals surface area contributed by atoms with Gasteiger partial charge in [-0.3, -0.25) is 4.79 Å². The third-order valence-electron chi connectivity index (χ3n) is 2.42. The molecule has 0 aromatic carbocycles. The quantitative estimate of drug-likeness (QED) is 0.643. The summed E-state index contributed by atoms with van der Waals surface area (Å²) in [5, 5.41) is 8.68. The molecule has 1 aromatic rings. The average Bonchev–Trinajstić information content (AvgIpc) is 2.33. The van der Waals surface area contributed by atoms with E-state index in [2.05, 4.69) is 9.97 Å². The molecule has 2 N–H and O–H groups in total. The van der Waals surface area contributed by atoms with Crippen LogP contribution in [0.15, 0.2) is 11.2 Å². The molecule has 0 spiro atoms. The number of nitrogens with zero attached hydrogens (tertiary/aromatic N) is 4. The summed E-state index contributed by atoms with van der Waals surface area (Å²) in [4.78, 5) is 21.9. The number of rotatable bonds is 5. The second-order valence-electron chi connectivity index (χ2n) is 4.14. The second kappa shape index (κ2) is 6.95. The maximum atomic E-state index is 12.0. The molecule has 1 aromatic heterocycles. The molecule has 0 saturated carbocycles. The third kappa shape index (κ3) is 4.75. The lowest BCUT2D eigenvalue weighted by Gasteiger charge is -2.19. The van der Waals surface area contributed by atoms with Gasteiger partial charge in [-0.2, -0.15) is 5.26 Å². The van der Waals surface area contributed by atoms with Gasteiger partial charge < -0.3 is 10.6 Å². The maximum absolute atomic E-state index is 12.0. The fourth-order valence-electron chi connectivity index (χ4n) is 1.46. The lowest BCUT2D eigenvalue weighted by atomic mass is 10.3. The zero-order chi connectivity index (χ0) is 14.4. The highest BCUT2D eigenvalue weighted by atomic mass is 32.2. The fourth-order valence-corrected chi connectivity index (χ4v) is 2.42. The van der Waals surface area contributed by atoms with E-state index >= 15 is 0 Å². The summed E-state index contributed by atoms with van der Waals surface area (Å²) in [5.41, 5.74) is 6.41. The van der Waals surface area contributed by atoms with Crippen molar-refractivity contribution in [1.82, 2.24) is 14.9 Å². The predicted molar refractivity (Wildman–Crippen MR) is 74.4 cm³/mol. The zero-order valence-corrected chi connectivity index (χ0v) is 12.1. The number of thioether (sulfide) groups is 1. The van der Waals surface area contributed by atoms with Crippen LogP contribution in [0, 0.1) is 18.3 Å². The Morgan fingerprint density at radius 2 is 2.32 bits per heavy atom. The van der Waals surface area contributed by atoms with Crippen LogP contribution < -0.4 is 5.73 Å². The number of hydrogen-bond acceptors (Lipinski definition) is 6. The molecule has 1 heterocycles. The monoisotopic (exact) mass is 279 g/mol. The van der Waals surface area contributed by atoms with Gasteiger partial charge in [-0.05, 0) is 13.8 Å². The molecular weight excluding hydrogens is 262 g/mol. The fraction of sp³-hybridized carbons (Fsp3) is 0.500. The van der Waals surface area contributed by atoms with E-state index in [0.29, 0.717) is 23.9 Å². The topological polar surface area (TPSA) is 95.9 Å². The van der Waals surface area contributed by atoms with Crippen LogP contribution in [0.5, 0.6) is 0 Å². The van der Waals surface area contributed by atoms with Crippen LogP contribution >= 0.6 is 11.8 Å². The first kappa shape index (κ1) is 15.2. The van der Waals surface area contributed by atoms with Crippen molar-refractivity contribution in [3.8, 4) is 6.07 Å². The SMILES string of the molecule is Cc1cc(N)nc(S[C@@H](C)C(=O)N(C)CCC#N)n1. The second-order valence-corrected chi connectivity index (χ2v) is 5.45. The maximum Gasteiger partial charge on any atom is 0.235 e. The number of carbonyl (C=O) groups excluding carboxylic acids is 1. The Kier molecular flexibility index (Phi) is 5.57. The van der Waals surface area contributed by atoms with Gasteiger partial charge in [0.15, 0.2) is 5.16 Å². The number of aromatic nitrogens is 2. The van der Waals surface area contributed by atoms with Gasteiger partial charge in [0, 0.05) is 25.4 Å². The molecule has 0 saturated heterocycles. The summed E-state index contributed by atoms with van der Waals surface area (Å²) in [7, 11) is 1.68. The molecule has 7 heteroatoms. The Morgan fingerprint density at radius 3 is 2.89 bits per heavy atom. The summed E-state index contributed by atoms with van der Waals surface area (Å²) in [6, 6.07) is 3.69. The summed E-state index contributed by atoms with van der Waals surface area (Å²) >= 11 is 1.27. The summed E-state index contributed by atoms with van der Waals surface area (Å²) in [6.45, 7) is 4.04. The first-order valence-corrected chi connectivity index (χ1v) is 6.71. The number of nitriles is 1. The van der Waals surface area contributed by atoms with Gasteiger partial charge in [0.25, 0.3) is 0 Å². The van der Waals surface area contributed by atoms with Gasteiger partial charge in [0.1, 0.15) is 5.82 Å². The van der Waals surface area contributed by atoms with Gasteiger partial charge in [-0.25, -0.2) is 9.97 Å². The minimum atomic E-state index is -0.315. The molecule has 0 fully saturated rings. The standard InChI is InChI=1S/C12H17N5OS/c1-8-7-10(14)16-12(15-8)19-9(2)11(18)17(3)6-4-5-13/h7,9H,4,6H2,1-3H3,(H2,14,15,16)/t9-/m0/s1. The van der Waals surface area contributed by atoms with Gasteiger partial charge >= 0.3 is 0 Å². The van der Waals surface area contributed by atoms with Crippen molar-refractivity contribution < 1.29 is 4.79 Å². The Morgan fingerprint density at radius 1 is 1.63 bits per heavy atom. The number of nitrogen functional groups attached to an aromatic ring is 1. The normalized spacial score (nSPS) is 11.7. The van der Waals surface area contributed by atoms with Crippen LogP contribution in [0.4, 0.5) is 5.82 Å². The highest BCUT2D eigenvalue weighted by Gasteiger charge is 2.19. The Labute approximate surface area is 117 Å². The molecule has 1 amide bonds. The van der Waals surface area contributed by atoms with Crippen LogP contribution in [-0.4, -0.2) is 39.6 Å². The molecule has 0 radical (unpaired) electrons. The summed E-state index contributed by atoms with van der Waals surface area (Å²) in [6.07, 6.45) is 0.327. The van der Waals surface area contributed by atoms with E-state index in [-0.39, 0.29) is 11.2 Å². The number of aryl methyl sites for hydroxylation is 1. The summed E-state index contributed by atoms with van der Waals surface area (Å²) in [5.74, 6) is 0.344. The zero-order valence-electron chi connectivity index (χ0n) is 11.3. The molecule has 0 bridgehead atoms. The van der Waals surface area contributed by atoms with Gasteiger partial charge in [-0.1, -0.05) is 11.8 Å². The van der Waals surface area contributed by atoms with E-state index in [0.717, 1.165) is 5.69 Å². The predicted octanol–water partition coefficient (Wildman–Crippen LogP) is 1.22. The molecule has 0 aliphatic rings. The van der Waals surface area contributed by atoms with Gasteiger partial charge in [0.2, 0.25) is 5.91 Å². The van der Waals surface area contributed by atoms with Crippen LogP contribution in [0.3, 0.4) is 0 Å². The molecular formula is C12H17N5OS. The number of anilines is 1. The van der Waals surface area contributed by atoms with Crippen molar-refractivity contribution in [3.63, 3.8) is 0 Å². The highest BCUT2D eigenvalue weighted by molar-refractivity contribution is 8.00. The van der Waals surface area contributed by atoms with Gasteiger partial charge in [-0.15, -0.1) is 0 Å². The van der Waals surface area contributed by atoms with Crippen molar-refractivity contribution >= 4 is 23.5 Å². The molecule has 19 heavy (non-hydrogen) atoms. The Bertz CT molecular complexity index is 479. The number of nitrogens with two attached hydrogens (primary N) is 1. The summed E-state index contributed by atoms with van der Waals surface area (Å²) < 4.78 is 0. The average molecular weight is 279 g/mol. The number of amides is 1. The van der Waals surface area contributed by atoms with E-state index in [1.165, 1.54) is 11.8 Å². The minimum Gasteiger partial charge on any atom is -0.384 e. The largest absolute Gasteiger partial charge is 0.384 e. The molecule has 0 unspecified atom stereocenters. The van der Waals surface area contributed by atoms with Crippen LogP contribution in [-0.2, 0) is 4.79 Å². The number of carbonyl (C=O) groups is 1. The molecule has 1 rings (SSSR count). The van der Waals surface area contributed by atoms with Crippen LogP contribution in [0.25, 0.3) is 0 Å². The first-order valence-electron chi connectivity index (χ1n) is 5.83. The Hall–Kier alpha value is -1.81. The molecule has 102 valence electrons. The van der Waals surface area contributed by atoms with E-state index in [4.69, 9.17) is 11.0 Å². The van der Waals surface area contributed by atoms with Crippen LogP contribution in [0.2, 0.25) is 0 Å². The van der Waals surface area contributed by atoms with Crippen molar-refractivity contribution in [3.05, 3.63) is 11.8 Å². The minimum absolute atomic E-state index is 0.0519.